The SMILES string of the molecule is COC(CN)CC(=O)N1CC2CCC(C1)O2. The highest BCUT2D eigenvalue weighted by molar-refractivity contribution is 5.77. The number of methoxy groups -OCH3 is 1. The number of amides is 1. The Hall–Kier alpha value is -0.650. The smallest absolute Gasteiger partial charge is 0.225 e. The van der Waals surface area contributed by atoms with Gasteiger partial charge in [0, 0.05) is 26.7 Å². The second-order valence-corrected chi connectivity index (χ2v) is 4.55. The van der Waals surface area contributed by atoms with Crippen molar-refractivity contribution < 1.29 is 14.3 Å². The Bertz CT molecular complexity index is 244. The molecule has 0 aliphatic carbocycles. The number of hydrogen-bond acceptors (Lipinski definition) is 4. The first kappa shape index (κ1) is 11.8. The number of ether oxygens (including phenoxy) is 2. The highest BCUT2D eigenvalue weighted by Gasteiger charge is 2.35. The van der Waals surface area contributed by atoms with Crippen LogP contribution in [0.2, 0.25) is 0 Å². The van der Waals surface area contributed by atoms with Gasteiger partial charge in [0.25, 0.3) is 0 Å². The van der Waals surface area contributed by atoms with E-state index in [0.717, 1.165) is 25.9 Å². The van der Waals surface area contributed by atoms with Gasteiger partial charge in [0.05, 0.1) is 24.7 Å². The van der Waals surface area contributed by atoms with Gasteiger partial charge in [-0.15, -0.1) is 0 Å². The van der Waals surface area contributed by atoms with Crippen LogP contribution in [0.5, 0.6) is 0 Å². The van der Waals surface area contributed by atoms with Crippen molar-refractivity contribution in [1.82, 2.24) is 4.90 Å². The first-order chi connectivity index (χ1) is 7.72. The molecule has 0 radical (unpaired) electrons. The van der Waals surface area contributed by atoms with Gasteiger partial charge in [-0.25, -0.2) is 0 Å². The van der Waals surface area contributed by atoms with Crippen molar-refractivity contribution in [3.8, 4) is 0 Å². The number of fused-ring (bicyclic) bond motifs is 2. The Labute approximate surface area is 95.9 Å². The number of nitrogens with zero attached hydrogens (tertiary/aromatic N) is 1. The van der Waals surface area contributed by atoms with Crippen molar-refractivity contribution in [2.75, 3.05) is 26.7 Å². The van der Waals surface area contributed by atoms with Crippen LogP contribution in [0.4, 0.5) is 0 Å². The quantitative estimate of drug-likeness (QED) is 0.720. The Morgan fingerprint density at radius 3 is 2.62 bits per heavy atom. The molecule has 2 saturated heterocycles. The van der Waals surface area contributed by atoms with Gasteiger partial charge in [-0.3, -0.25) is 4.79 Å². The average Bonchev–Trinajstić information content (AvgIpc) is 2.64. The zero-order chi connectivity index (χ0) is 11.5. The van der Waals surface area contributed by atoms with Crippen molar-refractivity contribution in [2.45, 2.75) is 37.6 Å². The third-order valence-corrected chi connectivity index (χ3v) is 3.39. The van der Waals surface area contributed by atoms with Crippen LogP contribution in [-0.4, -0.2) is 55.9 Å². The fourth-order valence-electron chi connectivity index (χ4n) is 2.41. The van der Waals surface area contributed by atoms with E-state index in [4.69, 9.17) is 15.2 Å². The Morgan fingerprint density at radius 1 is 1.50 bits per heavy atom. The molecule has 2 fully saturated rings. The van der Waals surface area contributed by atoms with Crippen LogP contribution < -0.4 is 5.73 Å². The zero-order valence-electron chi connectivity index (χ0n) is 9.72. The topological polar surface area (TPSA) is 64.8 Å². The van der Waals surface area contributed by atoms with E-state index in [-0.39, 0.29) is 24.2 Å². The molecule has 0 aromatic rings. The molecule has 2 rings (SSSR count). The van der Waals surface area contributed by atoms with Crippen LogP contribution >= 0.6 is 0 Å². The standard InChI is InChI=1S/C11H20N2O3/c1-15-10(5-12)4-11(14)13-6-8-2-3-9(7-13)16-8/h8-10H,2-7,12H2,1H3. The van der Waals surface area contributed by atoms with Crippen molar-refractivity contribution in [3.63, 3.8) is 0 Å². The van der Waals surface area contributed by atoms with E-state index >= 15 is 0 Å². The number of rotatable bonds is 4. The molecule has 16 heavy (non-hydrogen) atoms. The lowest BCUT2D eigenvalue weighted by molar-refractivity contribution is -0.142. The minimum absolute atomic E-state index is 0.137. The van der Waals surface area contributed by atoms with E-state index in [1.807, 2.05) is 4.90 Å². The second kappa shape index (κ2) is 5.12. The molecule has 3 unspecified atom stereocenters. The molecule has 2 aliphatic rings. The molecule has 2 N–H and O–H groups in total. The summed E-state index contributed by atoms with van der Waals surface area (Å²) in [6, 6.07) is 0. The number of nitrogens with two attached hydrogens (primary N) is 1. The molecule has 0 spiro atoms. The van der Waals surface area contributed by atoms with Gasteiger partial charge in [0.2, 0.25) is 5.91 Å². The number of carbonyl (C=O) groups is 1. The first-order valence-electron chi connectivity index (χ1n) is 5.89. The monoisotopic (exact) mass is 228 g/mol. The second-order valence-electron chi connectivity index (χ2n) is 4.55. The van der Waals surface area contributed by atoms with Gasteiger partial charge in [0.15, 0.2) is 0 Å². The van der Waals surface area contributed by atoms with Crippen molar-refractivity contribution in [2.24, 2.45) is 5.73 Å². The molecule has 2 bridgehead atoms. The molecule has 2 heterocycles. The third kappa shape index (κ3) is 2.53. The molecule has 1 amide bonds. The van der Waals surface area contributed by atoms with Gasteiger partial charge in [-0.1, -0.05) is 0 Å². The summed E-state index contributed by atoms with van der Waals surface area (Å²) in [6.07, 6.45) is 2.89. The van der Waals surface area contributed by atoms with Crippen LogP contribution in [0.25, 0.3) is 0 Å². The Morgan fingerprint density at radius 2 is 2.12 bits per heavy atom. The van der Waals surface area contributed by atoms with Gasteiger partial charge in [-0.05, 0) is 12.8 Å². The molecule has 0 aromatic heterocycles. The lowest BCUT2D eigenvalue weighted by atomic mass is 10.2. The predicted molar refractivity (Wildman–Crippen MR) is 58.9 cm³/mol. The molecular weight excluding hydrogens is 208 g/mol. The first-order valence-corrected chi connectivity index (χ1v) is 5.89. The van der Waals surface area contributed by atoms with Gasteiger partial charge in [0.1, 0.15) is 0 Å². The molecular formula is C11H20N2O3. The maximum absolute atomic E-state index is 12.0. The van der Waals surface area contributed by atoms with Crippen molar-refractivity contribution in [3.05, 3.63) is 0 Å². The largest absolute Gasteiger partial charge is 0.380 e. The third-order valence-electron chi connectivity index (χ3n) is 3.39. The summed E-state index contributed by atoms with van der Waals surface area (Å²) in [5.74, 6) is 0.137. The Kier molecular flexibility index (Phi) is 3.78. The van der Waals surface area contributed by atoms with E-state index in [1.54, 1.807) is 7.11 Å². The number of hydrogen-bond donors (Lipinski definition) is 1. The van der Waals surface area contributed by atoms with Crippen molar-refractivity contribution >= 4 is 5.91 Å². The lowest BCUT2D eigenvalue weighted by Crippen LogP contribution is -2.47. The Balaban J connectivity index is 1.85. The minimum Gasteiger partial charge on any atom is -0.380 e. The molecule has 5 nitrogen and oxygen atoms in total. The van der Waals surface area contributed by atoms with E-state index < -0.39 is 0 Å². The van der Waals surface area contributed by atoms with Gasteiger partial charge < -0.3 is 20.1 Å². The summed E-state index contributed by atoms with van der Waals surface area (Å²) in [4.78, 5) is 13.9. The molecule has 0 aromatic carbocycles. The molecule has 2 aliphatic heterocycles. The number of likely N-dealkylation sites (tertiary alicyclic amines) is 1. The van der Waals surface area contributed by atoms with Crippen LogP contribution in [0.15, 0.2) is 0 Å². The fourth-order valence-corrected chi connectivity index (χ4v) is 2.41. The van der Waals surface area contributed by atoms with E-state index in [9.17, 15) is 4.79 Å². The number of morpholine rings is 1. The summed E-state index contributed by atoms with van der Waals surface area (Å²) in [5, 5.41) is 0. The summed E-state index contributed by atoms with van der Waals surface area (Å²) >= 11 is 0. The summed E-state index contributed by atoms with van der Waals surface area (Å²) < 4.78 is 10.8. The highest BCUT2D eigenvalue weighted by Crippen LogP contribution is 2.26. The molecule has 3 atom stereocenters. The number of carbonyl (C=O) groups excluding carboxylic acids is 1. The summed E-state index contributed by atoms with van der Waals surface area (Å²) in [6.45, 7) is 1.85. The van der Waals surface area contributed by atoms with E-state index in [1.165, 1.54) is 0 Å². The lowest BCUT2D eigenvalue weighted by Gasteiger charge is -2.32. The van der Waals surface area contributed by atoms with Gasteiger partial charge in [-0.2, -0.15) is 0 Å². The van der Waals surface area contributed by atoms with Crippen LogP contribution in [0.3, 0.4) is 0 Å². The average molecular weight is 228 g/mol. The molecule has 0 saturated carbocycles. The van der Waals surface area contributed by atoms with E-state index in [2.05, 4.69) is 0 Å². The maximum Gasteiger partial charge on any atom is 0.225 e. The fraction of sp³-hybridized carbons (Fsp3) is 0.909. The molecule has 5 heteroatoms. The van der Waals surface area contributed by atoms with E-state index in [0.29, 0.717) is 13.0 Å². The van der Waals surface area contributed by atoms with Crippen LogP contribution in [0, 0.1) is 0 Å². The normalized spacial score (nSPS) is 30.5. The van der Waals surface area contributed by atoms with Crippen LogP contribution in [-0.2, 0) is 14.3 Å². The highest BCUT2D eigenvalue weighted by atomic mass is 16.5. The van der Waals surface area contributed by atoms with Gasteiger partial charge >= 0.3 is 0 Å². The van der Waals surface area contributed by atoms with Crippen LogP contribution in [0.1, 0.15) is 19.3 Å². The van der Waals surface area contributed by atoms with Crippen molar-refractivity contribution in [1.29, 1.82) is 0 Å². The summed E-state index contributed by atoms with van der Waals surface area (Å²) in [7, 11) is 1.59. The minimum atomic E-state index is -0.159. The predicted octanol–water partition coefficient (Wildman–Crippen LogP) is -0.260. The molecule has 92 valence electrons. The summed E-state index contributed by atoms with van der Waals surface area (Å²) in [5.41, 5.74) is 5.51. The maximum atomic E-state index is 12.0. The zero-order valence-corrected chi connectivity index (χ0v) is 9.72.